The van der Waals surface area contributed by atoms with Gasteiger partial charge >= 0.3 is 0 Å². The van der Waals surface area contributed by atoms with Gasteiger partial charge < -0.3 is 9.88 Å². The lowest BCUT2D eigenvalue weighted by Crippen LogP contribution is -2.21. The van der Waals surface area contributed by atoms with E-state index in [2.05, 4.69) is 55.2 Å². The summed E-state index contributed by atoms with van der Waals surface area (Å²) in [6.45, 7) is 1.90. The molecule has 1 aliphatic rings. The van der Waals surface area contributed by atoms with E-state index in [1.165, 1.54) is 5.56 Å². The highest BCUT2D eigenvalue weighted by molar-refractivity contribution is 6.28. The molecule has 0 amide bonds. The van der Waals surface area contributed by atoms with Crippen LogP contribution in [-0.4, -0.2) is 33.0 Å². The topological polar surface area (TPSA) is 57.7 Å². The maximum absolute atomic E-state index is 6.01. The molecule has 3 heterocycles. The van der Waals surface area contributed by atoms with Crippen LogP contribution in [0.5, 0.6) is 0 Å². The molecule has 106 valence electrons. The fourth-order valence-corrected chi connectivity index (χ4v) is 3.13. The van der Waals surface area contributed by atoms with E-state index in [1.807, 2.05) is 0 Å². The van der Waals surface area contributed by atoms with E-state index in [0.29, 0.717) is 11.6 Å². The zero-order valence-corrected chi connectivity index (χ0v) is 12.1. The van der Waals surface area contributed by atoms with Crippen molar-refractivity contribution in [1.82, 2.24) is 19.9 Å². The molecule has 4 rings (SSSR count). The number of rotatable bonds is 2. The Morgan fingerprint density at radius 3 is 2.90 bits per heavy atom. The van der Waals surface area contributed by atoms with E-state index in [4.69, 9.17) is 11.6 Å². The lowest BCUT2D eigenvalue weighted by atomic mass is 9.99. The highest BCUT2D eigenvalue weighted by Crippen LogP contribution is 2.32. The molecule has 0 spiro atoms. The number of aromatic amines is 1. The Hall–Kier alpha value is -2.14. The molecule has 1 aromatic carbocycles. The van der Waals surface area contributed by atoms with Crippen molar-refractivity contribution in [2.45, 2.75) is 12.3 Å². The zero-order chi connectivity index (χ0) is 14.2. The van der Waals surface area contributed by atoms with Crippen molar-refractivity contribution >= 4 is 28.6 Å². The maximum Gasteiger partial charge on any atom is 0.226 e. The van der Waals surface area contributed by atoms with Crippen LogP contribution in [0.2, 0.25) is 5.28 Å². The van der Waals surface area contributed by atoms with Crippen molar-refractivity contribution in [3.05, 3.63) is 47.5 Å². The third-order valence-electron chi connectivity index (χ3n) is 4.00. The smallest absolute Gasteiger partial charge is 0.226 e. The fourth-order valence-electron chi connectivity index (χ4n) is 2.97. The average molecular weight is 300 g/mol. The second-order valence-corrected chi connectivity index (χ2v) is 5.60. The Bertz CT molecular complexity index is 770. The van der Waals surface area contributed by atoms with Crippen LogP contribution in [0.4, 0.5) is 5.82 Å². The summed E-state index contributed by atoms with van der Waals surface area (Å²) in [5, 5.41) is 0.243. The van der Waals surface area contributed by atoms with E-state index < -0.39 is 0 Å². The first-order chi connectivity index (χ1) is 10.3. The van der Waals surface area contributed by atoms with Gasteiger partial charge in [0.2, 0.25) is 5.28 Å². The van der Waals surface area contributed by atoms with Crippen LogP contribution in [0.3, 0.4) is 0 Å². The Balaban J connectivity index is 1.67. The van der Waals surface area contributed by atoms with Gasteiger partial charge in [0.25, 0.3) is 0 Å². The van der Waals surface area contributed by atoms with Crippen LogP contribution in [0.25, 0.3) is 11.2 Å². The Labute approximate surface area is 127 Å². The van der Waals surface area contributed by atoms with Crippen molar-refractivity contribution in [1.29, 1.82) is 0 Å². The molecule has 1 atom stereocenters. The number of benzene rings is 1. The molecule has 1 N–H and O–H groups in total. The highest BCUT2D eigenvalue weighted by Gasteiger charge is 2.26. The molecule has 0 radical (unpaired) electrons. The van der Waals surface area contributed by atoms with Crippen molar-refractivity contribution in [2.75, 3.05) is 18.0 Å². The first-order valence-electron chi connectivity index (χ1n) is 6.98. The number of aromatic nitrogens is 4. The lowest BCUT2D eigenvalue weighted by Gasteiger charge is -2.18. The standard InChI is InChI=1S/C15H14ClN5/c16-15-19-13-12(17-9-18-13)14(20-15)21-7-6-11(8-21)10-4-2-1-3-5-10/h1-5,9,11H,6-8H2,(H,17,18,19,20). The Kier molecular flexibility index (Phi) is 3.00. The summed E-state index contributed by atoms with van der Waals surface area (Å²) in [6.07, 6.45) is 2.74. The molecule has 5 nitrogen and oxygen atoms in total. The van der Waals surface area contributed by atoms with E-state index in [0.717, 1.165) is 30.8 Å². The molecule has 1 fully saturated rings. The number of fused-ring (bicyclic) bond motifs is 1. The summed E-state index contributed by atoms with van der Waals surface area (Å²) in [7, 11) is 0. The van der Waals surface area contributed by atoms with Gasteiger partial charge in [0.1, 0.15) is 5.52 Å². The predicted octanol–water partition coefficient (Wildman–Crippen LogP) is 3.00. The van der Waals surface area contributed by atoms with Crippen molar-refractivity contribution < 1.29 is 0 Å². The quantitative estimate of drug-likeness (QED) is 0.739. The molecule has 1 unspecified atom stereocenters. The molecular weight excluding hydrogens is 286 g/mol. The molecule has 0 saturated carbocycles. The summed E-state index contributed by atoms with van der Waals surface area (Å²) in [4.78, 5) is 18.1. The summed E-state index contributed by atoms with van der Waals surface area (Å²) in [5.74, 6) is 1.37. The molecule has 1 saturated heterocycles. The lowest BCUT2D eigenvalue weighted by molar-refractivity contribution is 0.774. The zero-order valence-electron chi connectivity index (χ0n) is 11.3. The average Bonchev–Trinajstić information content (AvgIpc) is 3.16. The van der Waals surface area contributed by atoms with Gasteiger partial charge in [-0.2, -0.15) is 9.97 Å². The summed E-state index contributed by atoms with van der Waals surface area (Å²) in [6, 6.07) is 10.6. The van der Waals surface area contributed by atoms with Gasteiger partial charge in [-0.15, -0.1) is 0 Å². The van der Waals surface area contributed by atoms with Crippen molar-refractivity contribution in [3.63, 3.8) is 0 Å². The Morgan fingerprint density at radius 1 is 1.19 bits per heavy atom. The van der Waals surface area contributed by atoms with Crippen LogP contribution in [0.1, 0.15) is 17.9 Å². The van der Waals surface area contributed by atoms with Crippen molar-refractivity contribution in [3.8, 4) is 0 Å². The minimum Gasteiger partial charge on any atom is -0.354 e. The summed E-state index contributed by atoms with van der Waals surface area (Å²) in [5.41, 5.74) is 2.85. The van der Waals surface area contributed by atoms with E-state index in [9.17, 15) is 0 Å². The second-order valence-electron chi connectivity index (χ2n) is 5.26. The predicted molar refractivity (Wildman–Crippen MR) is 82.7 cm³/mol. The number of nitrogens with one attached hydrogen (secondary N) is 1. The van der Waals surface area contributed by atoms with E-state index in [1.54, 1.807) is 6.33 Å². The molecule has 1 aliphatic heterocycles. The van der Waals surface area contributed by atoms with Gasteiger partial charge in [-0.1, -0.05) is 30.3 Å². The SMILES string of the molecule is Clc1nc(N2CCC(c3ccccc3)C2)c2[nH]cnc2n1. The number of H-pyrrole nitrogens is 1. The normalized spacial score (nSPS) is 18.5. The third kappa shape index (κ3) is 2.23. The molecule has 6 heteroatoms. The van der Waals surface area contributed by atoms with Gasteiger partial charge in [-0.05, 0) is 23.6 Å². The first-order valence-corrected chi connectivity index (χ1v) is 7.35. The molecule has 3 aromatic rings. The van der Waals surface area contributed by atoms with Crippen LogP contribution >= 0.6 is 11.6 Å². The molecule has 21 heavy (non-hydrogen) atoms. The fraction of sp³-hybridized carbons (Fsp3) is 0.267. The van der Waals surface area contributed by atoms with Crippen LogP contribution in [0.15, 0.2) is 36.7 Å². The molecular formula is C15H14ClN5. The minimum atomic E-state index is 0.243. The van der Waals surface area contributed by atoms with Gasteiger partial charge in [0, 0.05) is 19.0 Å². The second kappa shape index (κ2) is 5.00. The largest absolute Gasteiger partial charge is 0.354 e. The number of imidazole rings is 1. The molecule has 0 aliphatic carbocycles. The number of hydrogen-bond acceptors (Lipinski definition) is 4. The monoisotopic (exact) mass is 299 g/mol. The molecule has 0 bridgehead atoms. The van der Waals surface area contributed by atoms with Gasteiger partial charge in [-0.25, -0.2) is 4.98 Å². The summed E-state index contributed by atoms with van der Waals surface area (Å²) < 4.78 is 0. The van der Waals surface area contributed by atoms with E-state index in [-0.39, 0.29) is 5.28 Å². The molecule has 2 aromatic heterocycles. The van der Waals surface area contributed by atoms with Crippen LogP contribution in [-0.2, 0) is 0 Å². The van der Waals surface area contributed by atoms with Crippen LogP contribution in [0, 0.1) is 0 Å². The van der Waals surface area contributed by atoms with Gasteiger partial charge in [-0.3, -0.25) is 0 Å². The highest BCUT2D eigenvalue weighted by atomic mass is 35.5. The first kappa shape index (κ1) is 12.6. The minimum absolute atomic E-state index is 0.243. The maximum atomic E-state index is 6.01. The third-order valence-corrected chi connectivity index (χ3v) is 4.17. The number of hydrogen-bond donors (Lipinski definition) is 1. The number of halogens is 1. The van der Waals surface area contributed by atoms with Crippen molar-refractivity contribution in [2.24, 2.45) is 0 Å². The van der Waals surface area contributed by atoms with Gasteiger partial charge in [0.15, 0.2) is 11.5 Å². The summed E-state index contributed by atoms with van der Waals surface area (Å²) >= 11 is 6.01. The van der Waals surface area contributed by atoms with Crippen LogP contribution < -0.4 is 4.90 Å². The number of anilines is 1. The number of nitrogens with zero attached hydrogens (tertiary/aromatic N) is 4. The van der Waals surface area contributed by atoms with Gasteiger partial charge in [0.05, 0.1) is 6.33 Å². The van der Waals surface area contributed by atoms with E-state index >= 15 is 0 Å². The Morgan fingerprint density at radius 2 is 2.05 bits per heavy atom.